The second-order valence-electron chi connectivity index (χ2n) is 9.86. The summed E-state index contributed by atoms with van der Waals surface area (Å²) in [5, 5.41) is 16.6. The van der Waals surface area contributed by atoms with Crippen molar-refractivity contribution in [1.82, 2.24) is 15.5 Å². The van der Waals surface area contributed by atoms with Crippen LogP contribution in [0.5, 0.6) is 0 Å². The summed E-state index contributed by atoms with van der Waals surface area (Å²) < 4.78 is 5.22. The normalized spacial score (nSPS) is 24.6. The molecule has 152 valence electrons. The SMILES string of the molecule is CC(C)CN1CC(O)(CNC(=O)OC(C)(C)C)C[C@H]1C(=O)NC(C)(C)C. The molecule has 0 aromatic heterocycles. The van der Waals surface area contributed by atoms with Gasteiger partial charge in [0.15, 0.2) is 0 Å². The van der Waals surface area contributed by atoms with Crippen molar-refractivity contribution in [3.8, 4) is 0 Å². The summed E-state index contributed by atoms with van der Waals surface area (Å²) >= 11 is 0. The van der Waals surface area contributed by atoms with Gasteiger partial charge in [0.2, 0.25) is 5.91 Å². The predicted molar refractivity (Wildman–Crippen MR) is 102 cm³/mol. The molecule has 2 atom stereocenters. The zero-order chi connectivity index (χ0) is 20.3. The van der Waals surface area contributed by atoms with Crippen LogP contribution < -0.4 is 10.6 Å². The van der Waals surface area contributed by atoms with E-state index in [1.165, 1.54) is 0 Å². The Balaban J connectivity index is 2.78. The molecule has 1 saturated heterocycles. The van der Waals surface area contributed by atoms with Crippen LogP contribution in [-0.4, -0.2) is 64.4 Å². The monoisotopic (exact) mass is 371 g/mol. The van der Waals surface area contributed by atoms with Crippen molar-refractivity contribution < 1.29 is 19.4 Å². The maximum Gasteiger partial charge on any atom is 0.407 e. The van der Waals surface area contributed by atoms with Crippen LogP contribution >= 0.6 is 0 Å². The maximum atomic E-state index is 12.7. The number of nitrogens with one attached hydrogen (secondary N) is 2. The number of β-amino-alcohol motifs (C(OH)–C–C–N with tert-alkyl or cyclic N) is 1. The third kappa shape index (κ3) is 7.91. The van der Waals surface area contributed by atoms with E-state index in [0.29, 0.717) is 19.0 Å². The van der Waals surface area contributed by atoms with Crippen LogP contribution in [0.3, 0.4) is 0 Å². The van der Waals surface area contributed by atoms with Gasteiger partial charge in [-0.2, -0.15) is 0 Å². The summed E-state index contributed by atoms with van der Waals surface area (Å²) in [6.07, 6.45) is -0.291. The molecule has 1 aliphatic rings. The van der Waals surface area contributed by atoms with Gasteiger partial charge in [0.1, 0.15) is 5.60 Å². The average Bonchev–Trinajstić information content (AvgIpc) is 2.69. The summed E-state index contributed by atoms with van der Waals surface area (Å²) in [6.45, 7) is 16.4. The Bertz CT molecular complexity index is 508. The van der Waals surface area contributed by atoms with Gasteiger partial charge in [0.05, 0.1) is 18.2 Å². The Morgan fingerprint density at radius 2 is 1.81 bits per heavy atom. The molecular weight excluding hydrogens is 334 g/mol. The Labute approximate surface area is 157 Å². The number of aliphatic hydroxyl groups is 1. The van der Waals surface area contributed by atoms with Crippen LogP contribution in [-0.2, 0) is 9.53 Å². The number of ether oxygens (including phenoxy) is 1. The summed E-state index contributed by atoms with van der Waals surface area (Å²) in [4.78, 5) is 26.6. The van der Waals surface area contributed by atoms with Crippen molar-refractivity contribution in [3.05, 3.63) is 0 Å². The van der Waals surface area contributed by atoms with Gasteiger partial charge in [-0.1, -0.05) is 13.8 Å². The first-order chi connectivity index (χ1) is 11.6. The van der Waals surface area contributed by atoms with E-state index in [4.69, 9.17) is 4.74 Å². The number of hydrogen-bond acceptors (Lipinski definition) is 5. The summed E-state index contributed by atoms with van der Waals surface area (Å²) in [5.41, 5.74) is -2.09. The molecular formula is C19H37N3O4. The molecule has 0 bridgehead atoms. The molecule has 1 fully saturated rings. The molecule has 1 heterocycles. The number of likely N-dealkylation sites (tertiary alicyclic amines) is 1. The van der Waals surface area contributed by atoms with Gasteiger partial charge in [-0.3, -0.25) is 9.69 Å². The Morgan fingerprint density at radius 3 is 2.27 bits per heavy atom. The van der Waals surface area contributed by atoms with Gasteiger partial charge in [-0.05, 0) is 47.5 Å². The quantitative estimate of drug-likeness (QED) is 0.686. The summed E-state index contributed by atoms with van der Waals surface area (Å²) in [7, 11) is 0. The van der Waals surface area contributed by atoms with Crippen molar-refractivity contribution in [2.24, 2.45) is 5.92 Å². The predicted octanol–water partition coefficient (Wildman–Crippen LogP) is 1.89. The van der Waals surface area contributed by atoms with E-state index in [0.717, 1.165) is 0 Å². The standard InChI is InChI=1S/C19H37N3O4/c1-13(2)10-22-12-19(25,11-20-16(24)26-18(6,7)8)9-14(22)15(23)21-17(3,4)5/h13-14,25H,9-12H2,1-8H3,(H,20,24)(H,21,23)/t14-,19?/m0/s1. The molecule has 1 rings (SSSR count). The molecule has 1 unspecified atom stereocenters. The van der Waals surface area contributed by atoms with E-state index < -0.39 is 23.3 Å². The van der Waals surface area contributed by atoms with E-state index in [1.54, 1.807) is 20.8 Å². The molecule has 7 nitrogen and oxygen atoms in total. The van der Waals surface area contributed by atoms with Crippen molar-refractivity contribution >= 4 is 12.0 Å². The Hall–Kier alpha value is -1.34. The second-order valence-corrected chi connectivity index (χ2v) is 9.86. The zero-order valence-electron chi connectivity index (χ0n) is 17.6. The third-order valence-electron chi connectivity index (χ3n) is 3.87. The molecule has 0 aromatic carbocycles. The van der Waals surface area contributed by atoms with Crippen molar-refractivity contribution in [3.63, 3.8) is 0 Å². The lowest BCUT2D eigenvalue weighted by atomic mass is 9.99. The van der Waals surface area contributed by atoms with E-state index in [9.17, 15) is 14.7 Å². The van der Waals surface area contributed by atoms with Crippen molar-refractivity contribution in [2.45, 2.75) is 84.6 Å². The van der Waals surface area contributed by atoms with Gasteiger partial charge >= 0.3 is 6.09 Å². The fourth-order valence-corrected chi connectivity index (χ4v) is 3.09. The van der Waals surface area contributed by atoms with E-state index in [-0.39, 0.29) is 24.4 Å². The van der Waals surface area contributed by atoms with Crippen LogP contribution in [0, 0.1) is 5.92 Å². The number of carbonyl (C=O) groups excluding carboxylic acids is 2. The van der Waals surface area contributed by atoms with E-state index in [1.807, 2.05) is 25.7 Å². The van der Waals surface area contributed by atoms with Crippen LogP contribution in [0.1, 0.15) is 61.8 Å². The molecule has 7 heteroatoms. The largest absolute Gasteiger partial charge is 0.444 e. The molecule has 0 aromatic rings. The number of amides is 2. The van der Waals surface area contributed by atoms with E-state index >= 15 is 0 Å². The lowest BCUT2D eigenvalue weighted by Crippen LogP contribution is -2.50. The fourth-order valence-electron chi connectivity index (χ4n) is 3.09. The molecule has 2 amide bonds. The lowest BCUT2D eigenvalue weighted by Gasteiger charge is -2.28. The number of alkyl carbamates (subject to hydrolysis) is 1. The zero-order valence-corrected chi connectivity index (χ0v) is 17.6. The minimum Gasteiger partial charge on any atom is -0.444 e. The first-order valence-electron chi connectivity index (χ1n) is 9.35. The number of nitrogens with zero attached hydrogens (tertiary/aromatic N) is 1. The molecule has 1 aliphatic heterocycles. The number of hydrogen-bond donors (Lipinski definition) is 3. The third-order valence-corrected chi connectivity index (χ3v) is 3.87. The van der Waals surface area contributed by atoms with Crippen molar-refractivity contribution in [2.75, 3.05) is 19.6 Å². The van der Waals surface area contributed by atoms with Crippen LogP contribution in [0.4, 0.5) is 4.79 Å². The maximum absolute atomic E-state index is 12.7. The molecule has 0 saturated carbocycles. The number of rotatable bonds is 5. The fraction of sp³-hybridized carbons (Fsp3) is 0.895. The Morgan fingerprint density at radius 1 is 1.23 bits per heavy atom. The minimum absolute atomic E-state index is 0.0514. The minimum atomic E-state index is -1.16. The van der Waals surface area contributed by atoms with E-state index in [2.05, 4.69) is 24.5 Å². The lowest BCUT2D eigenvalue weighted by molar-refractivity contribution is -0.127. The highest BCUT2D eigenvalue weighted by Gasteiger charge is 2.46. The van der Waals surface area contributed by atoms with Gasteiger partial charge < -0.3 is 20.5 Å². The van der Waals surface area contributed by atoms with Gasteiger partial charge in [0, 0.05) is 25.0 Å². The summed E-state index contributed by atoms with van der Waals surface area (Å²) in [6, 6.07) is -0.415. The average molecular weight is 372 g/mol. The first-order valence-corrected chi connectivity index (χ1v) is 9.35. The highest BCUT2D eigenvalue weighted by atomic mass is 16.6. The van der Waals surface area contributed by atoms with Gasteiger partial charge in [-0.15, -0.1) is 0 Å². The van der Waals surface area contributed by atoms with Crippen LogP contribution in [0.25, 0.3) is 0 Å². The van der Waals surface area contributed by atoms with Crippen molar-refractivity contribution in [1.29, 1.82) is 0 Å². The molecule has 0 radical (unpaired) electrons. The first kappa shape index (κ1) is 22.7. The topological polar surface area (TPSA) is 90.9 Å². The van der Waals surface area contributed by atoms with Crippen LogP contribution in [0.15, 0.2) is 0 Å². The van der Waals surface area contributed by atoms with Crippen LogP contribution in [0.2, 0.25) is 0 Å². The Kier molecular flexibility index (Phi) is 7.10. The molecule has 0 spiro atoms. The smallest absolute Gasteiger partial charge is 0.407 e. The molecule has 3 N–H and O–H groups in total. The highest BCUT2D eigenvalue weighted by molar-refractivity contribution is 5.83. The second kappa shape index (κ2) is 8.13. The van der Waals surface area contributed by atoms with Gasteiger partial charge in [0.25, 0.3) is 0 Å². The number of carbonyl (C=O) groups is 2. The molecule has 26 heavy (non-hydrogen) atoms. The molecule has 0 aliphatic carbocycles. The highest BCUT2D eigenvalue weighted by Crippen LogP contribution is 2.28. The van der Waals surface area contributed by atoms with Gasteiger partial charge in [-0.25, -0.2) is 4.79 Å². The summed E-state index contributed by atoms with van der Waals surface area (Å²) in [5.74, 6) is 0.271.